The highest BCUT2D eigenvalue weighted by molar-refractivity contribution is 6.43. The first-order chi connectivity index (χ1) is 7.02. The number of alkyl halides is 1. The molecule has 0 rings (SSSR count). The van der Waals surface area contributed by atoms with Crippen LogP contribution in [0.15, 0.2) is 11.1 Å². The first kappa shape index (κ1) is 14.3. The molecule has 0 fully saturated rings. The molecule has 0 bridgehead atoms. The van der Waals surface area contributed by atoms with Crippen molar-refractivity contribution in [3.63, 3.8) is 0 Å². The van der Waals surface area contributed by atoms with E-state index in [2.05, 4.69) is 9.47 Å². The van der Waals surface area contributed by atoms with Gasteiger partial charge in [0.05, 0.1) is 18.2 Å². The zero-order chi connectivity index (χ0) is 11.8. The van der Waals surface area contributed by atoms with Gasteiger partial charge in [0.1, 0.15) is 0 Å². The molecule has 0 aromatic rings. The maximum Gasteiger partial charge on any atom is 0.331 e. The highest BCUT2D eigenvalue weighted by Crippen LogP contribution is 2.16. The van der Waals surface area contributed by atoms with E-state index in [-0.39, 0.29) is 18.2 Å². The number of hydrogen-bond acceptors (Lipinski definition) is 4. The summed E-state index contributed by atoms with van der Waals surface area (Å²) in [4.78, 5) is 22.0. The van der Waals surface area contributed by atoms with Crippen molar-refractivity contribution in [1.82, 2.24) is 0 Å². The predicted octanol–water partition coefficient (Wildman–Crippen LogP) is 1.84. The lowest BCUT2D eigenvalue weighted by Gasteiger charge is -2.06. The van der Waals surface area contributed by atoms with Crippen molar-refractivity contribution >= 4 is 35.1 Å². The summed E-state index contributed by atoms with van der Waals surface area (Å²) < 4.78 is 9.21. The molecule has 0 heterocycles. The maximum atomic E-state index is 11.1. The third-order valence-corrected chi connectivity index (χ3v) is 2.13. The molecule has 0 aliphatic heterocycles. The fourth-order valence-electron chi connectivity index (χ4n) is 0.698. The fourth-order valence-corrected chi connectivity index (χ4v) is 1.00. The largest absolute Gasteiger partial charge is 0.465 e. The van der Waals surface area contributed by atoms with Crippen molar-refractivity contribution in [3.8, 4) is 0 Å². The van der Waals surface area contributed by atoms with Crippen LogP contribution in [0.5, 0.6) is 0 Å². The van der Waals surface area contributed by atoms with Crippen LogP contribution in [0, 0.1) is 0 Å². The van der Waals surface area contributed by atoms with E-state index in [1.54, 1.807) is 13.8 Å². The van der Waals surface area contributed by atoms with E-state index >= 15 is 0 Å². The lowest BCUT2D eigenvalue weighted by molar-refractivity contribution is -0.141. The van der Waals surface area contributed by atoms with Gasteiger partial charge in [0.25, 0.3) is 0 Å². The Morgan fingerprint density at radius 1 is 1.27 bits per heavy atom. The molecular weight excluding hydrogens is 243 g/mol. The predicted molar refractivity (Wildman–Crippen MR) is 56.8 cm³/mol. The van der Waals surface area contributed by atoms with Gasteiger partial charge in [-0.05, 0) is 13.8 Å². The molecule has 6 heteroatoms. The summed E-state index contributed by atoms with van der Waals surface area (Å²) >= 11 is 11.2. The van der Waals surface area contributed by atoms with Crippen molar-refractivity contribution in [3.05, 3.63) is 11.1 Å². The van der Waals surface area contributed by atoms with Gasteiger partial charge in [-0.1, -0.05) is 11.6 Å². The van der Waals surface area contributed by atoms with E-state index in [1.165, 1.54) is 0 Å². The van der Waals surface area contributed by atoms with E-state index in [4.69, 9.17) is 23.2 Å². The molecule has 4 nitrogen and oxygen atoms in total. The van der Waals surface area contributed by atoms with Crippen LogP contribution in [0.25, 0.3) is 0 Å². The number of carbonyl (C=O) groups is 2. The van der Waals surface area contributed by atoms with Gasteiger partial charge in [-0.2, -0.15) is 0 Å². The number of carbonyl (C=O) groups excluding carboxylic acids is 2. The first-order valence-electron chi connectivity index (χ1n) is 4.37. The summed E-state index contributed by atoms with van der Waals surface area (Å²) in [7, 11) is 0. The molecule has 0 saturated heterocycles. The molecule has 0 radical (unpaired) electrons. The fraction of sp³-hybridized carbons (Fsp3) is 0.556. The Hall–Kier alpha value is -0.740. The second-order valence-electron chi connectivity index (χ2n) is 2.40. The average Bonchev–Trinajstić information content (AvgIpc) is 2.17. The second-order valence-corrected chi connectivity index (χ2v) is 3.27. The molecule has 1 unspecified atom stereocenters. The van der Waals surface area contributed by atoms with Crippen molar-refractivity contribution in [1.29, 1.82) is 0 Å². The molecule has 0 aromatic heterocycles. The number of ether oxygens (including phenoxy) is 2. The van der Waals surface area contributed by atoms with Crippen molar-refractivity contribution in [2.45, 2.75) is 19.2 Å². The van der Waals surface area contributed by atoms with E-state index in [0.717, 1.165) is 6.08 Å². The Labute approximate surface area is 98.1 Å². The molecule has 0 aromatic carbocycles. The van der Waals surface area contributed by atoms with E-state index in [1.807, 2.05) is 0 Å². The Morgan fingerprint density at radius 2 is 1.80 bits per heavy atom. The van der Waals surface area contributed by atoms with E-state index < -0.39 is 17.3 Å². The first-order valence-corrected chi connectivity index (χ1v) is 5.18. The van der Waals surface area contributed by atoms with Gasteiger partial charge < -0.3 is 9.47 Å². The monoisotopic (exact) mass is 254 g/mol. The van der Waals surface area contributed by atoms with Crippen LogP contribution in [0.3, 0.4) is 0 Å². The number of hydrogen-bond donors (Lipinski definition) is 0. The number of halogens is 2. The topological polar surface area (TPSA) is 52.6 Å². The van der Waals surface area contributed by atoms with E-state index in [9.17, 15) is 9.59 Å². The average molecular weight is 255 g/mol. The number of rotatable bonds is 5. The van der Waals surface area contributed by atoms with Crippen LogP contribution in [0.2, 0.25) is 0 Å². The van der Waals surface area contributed by atoms with Gasteiger partial charge in [0.15, 0.2) is 5.38 Å². The molecule has 0 amide bonds. The summed E-state index contributed by atoms with van der Waals surface area (Å²) in [6.45, 7) is 3.73. The minimum absolute atomic E-state index is 0.117. The molecule has 0 aliphatic rings. The molecule has 1 atom stereocenters. The summed E-state index contributed by atoms with van der Waals surface area (Å²) in [5.41, 5.74) is 0. The summed E-state index contributed by atoms with van der Waals surface area (Å²) in [5.74, 6) is -1.33. The standard InChI is InChI=1S/C9H12Cl2O4/c1-3-14-7(12)5-6(10)8(11)9(13)15-4-2/h5,8H,3-4H2,1-2H3/b6-5-. The van der Waals surface area contributed by atoms with Crippen LogP contribution in [-0.4, -0.2) is 30.5 Å². The lowest BCUT2D eigenvalue weighted by Crippen LogP contribution is -2.19. The van der Waals surface area contributed by atoms with Crippen LogP contribution in [0.4, 0.5) is 0 Å². The third kappa shape index (κ3) is 5.64. The molecule has 0 aliphatic carbocycles. The Balaban J connectivity index is 4.35. The summed E-state index contributed by atoms with van der Waals surface area (Å²) in [5, 5.41) is -1.29. The van der Waals surface area contributed by atoms with E-state index in [0.29, 0.717) is 0 Å². The molecular formula is C9H12Cl2O4. The highest BCUT2D eigenvalue weighted by atomic mass is 35.5. The van der Waals surface area contributed by atoms with Crippen LogP contribution >= 0.6 is 23.2 Å². The maximum absolute atomic E-state index is 11.1. The lowest BCUT2D eigenvalue weighted by atomic mass is 10.3. The van der Waals surface area contributed by atoms with Gasteiger partial charge in [-0.3, -0.25) is 4.79 Å². The number of esters is 2. The van der Waals surface area contributed by atoms with Gasteiger partial charge in [0, 0.05) is 6.08 Å². The van der Waals surface area contributed by atoms with Gasteiger partial charge in [-0.15, -0.1) is 11.6 Å². The Morgan fingerprint density at radius 3 is 2.27 bits per heavy atom. The van der Waals surface area contributed by atoms with Crippen LogP contribution < -0.4 is 0 Å². The molecule has 15 heavy (non-hydrogen) atoms. The zero-order valence-corrected chi connectivity index (χ0v) is 9.97. The molecule has 0 saturated carbocycles. The second kappa shape index (κ2) is 7.54. The quantitative estimate of drug-likeness (QED) is 0.427. The summed E-state index contributed by atoms with van der Waals surface area (Å²) in [6, 6.07) is 0. The summed E-state index contributed by atoms with van der Waals surface area (Å²) in [6.07, 6.45) is 0.958. The Kier molecular flexibility index (Phi) is 7.17. The molecule has 0 N–H and O–H groups in total. The third-order valence-electron chi connectivity index (χ3n) is 1.28. The van der Waals surface area contributed by atoms with Crippen molar-refractivity contribution < 1.29 is 19.1 Å². The normalized spacial score (nSPS) is 13.2. The van der Waals surface area contributed by atoms with Gasteiger partial charge in [-0.25, -0.2) is 4.79 Å². The highest BCUT2D eigenvalue weighted by Gasteiger charge is 2.21. The molecule has 86 valence electrons. The minimum atomic E-state index is -1.17. The van der Waals surface area contributed by atoms with Gasteiger partial charge in [0.2, 0.25) is 0 Å². The zero-order valence-electron chi connectivity index (χ0n) is 8.46. The SMILES string of the molecule is CCOC(=O)/C=C(\Cl)C(Cl)C(=O)OCC. The van der Waals surface area contributed by atoms with Crippen molar-refractivity contribution in [2.24, 2.45) is 0 Å². The van der Waals surface area contributed by atoms with Crippen LogP contribution in [0.1, 0.15) is 13.8 Å². The Bertz CT molecular complexity index is 263. The van der Waals surface area contributed by atoms with Crippen LogP contribution in [-0.2, 0) is 19.1 Å². The minimum Gasteiger partial charge on any atom is -0.465 e. The van der Waals surface area contributed by atoms with Gasteiger partial charge >= 0.3 is 11.9 Å². The molecule has 0 spiro atoms. The smallest absolute Gasteiger partial charge is 0.331 e. The van der Waals surface area contributed by atoms with Crippen molar-refractivity contribution in [2.75, 3.05) is 13.2 Å².